The molecule has 0 aromatic carbocycles. The van der Waals surface area contributed by atoms with Gasteiger partial charge in [0, 0.05) is 5.57 Å². The van der Waals surface area contributed by atoms with E-state index in [0.29, 0.717) is 0 Å². The summed E-state index contributed by atoms with van der Waals surface area (Å²) >= 11 is 0. The Morgan fingerprint density at radius 1 is 1.38 bits per heavy atom. The Balaban J connectivity index is 3.26. The van der Waals surface area contributed by atoms with Crippen LogP contribution in [-0.2, 0) is 0 Å². The highest BCUT2D eigenvalue weighted by Gasteiger charge is 2.00. The second-order valence-corrected chi connectivity index (χ2v) is 3.85. The maximum Gasteiger partial charge on any atom is 0.0940 e. The largest absolute Gasteiger partial charge is 0.193 e. The Bertz CT molecular complexity index is 176. The lowest BCUT2D eigenvalue weighted by Crippen LogP contribution is -1.93. The van der Waals surface area contributed by atoms with E-state index in [9.17, 15) is 0 Å². The summed E-state index contributed by atoms with van der Waals surface area (Å²) in [5, 5.41) is 8.48. The molecule has 0 aliphatic heterocycles. The molecule has 0 aliphatic carbocycles. The van der Waals surface area contributed by atoms with Crippen LogP contribution in [0.1, 0.15) is 52.4 Å². The van der Waals surface area contributed by atoms with Crippen molar-refractivity contribution in [2.75, 3.05) is 0 Å². The lowest BCUT2D eigenvalue weighted by Gasteiger charge is -2.08. The van der Waals surface area contributed by atoms with Crippen LogP contribution < -0.4 is 0 Å². The van der Waals surface area contributed by atoms with E-state index in [1.165, 1.54) is 25.7 Å². The van der Waals surface area contributed by atoms with E-state index >= 15 is 0 Å². The molecule has 1 heteroatoms. The van der Waals surface area contributed by atoms with Gasteiger partial charge in [-0.1, -0.05) is 46.1 Å². The molecule has 0 bridgehead atoms. The number of allylic oxidation sites excluding steroid dienone is 1. The van der Waals surface area contributed by atoms with Gasteiger partial charge in [0.1, 0.15) is 0 Å². The third kappa shape index (κ3) is 7.59. The van der Waals surface area contributed by atoms with Crippen molar-refractivity contribution in [3.05, 3.63) is 12.2 Å². The number of hydrogen-bond donors (Lipinski definition) is 0. The monoisotopic (exact) mass is 179 g/mol. The normalized spacial score (nSPS) is 12.1. The maximum absolute atomic E-state index is 8.48. The topological polar surface area (TPSA) is 23.8 Å². The third-order valence-corrected chi connectivity index (χ3v) is 2.37. The van der Waals surface area contributed by atoms with Gasteiger partial charge >= 0.3 is 0 Å². The molecule has 74 valence electrons. The van der Waals surface area contributed by atoms with E-state index in [2.05, 4.69) is 26.5 Å². The molecular formula is C12H21N. The number of rotatable bonds is 7. The predicted octanol–water partition coefficient (Wildman–Crippen LogP) is 4.06. The second kappa shape index (κ2) is 7.86. The third-order valence-electron chi connectivity index (χ3n) is 2.37. The van der Waals surface area contributed by atoms with Crippen molar-refractivity contribution >= 4 is 0 Å². The van der Waals surface area contributed by atoms with E-state index in [0.717, 1.165) is 24.3 Å². The summed E-state index contributed by atoms with van der Waals surface area (Å²) in [6.07, 6.45) is 7.16. The molecule has 1 unspecified atom stereocenters. The quantitative estimate of drug-likeness (QED) is 0.427. The van der Waals surface area contributed by atoms with Crippen molar-refractivity contribution in [3.63, 3.8) is 0 Å². The Hall–Kier alpha value is -0.770. The molecule has 0 radical (unpaired) electrons. The number of unbranched alkanes of at least 4 members (excludes halogenated alkanes) is 1. The van der Waals surface area contributed by atoms with Crippen LogP contribution in [0.5, 0.6) is 0 Å². The second-order valence-electron chi connectivity index (χ2n) is 3.85. The molecule has 0 spiro atoms. The number of nitrogens with zero attached hydrogens (tertiary/aromatic N) is 1. The Morgan fingerprint density at radius 2 is 2.08 bits per heavy atom. The first-order valence-corrected chi connectivity index (χ1v) is 5.28. The molecule has 13 heavy (non-hydrogen) atoms. The van der Waals surface area contributed by atoms with Gasteiger partial charge in [-0.05, 0) is 18.8 Å². The average molecular weight is 179 g/mol. The lowest BCUT2D eigenvalue weighted by atomic mass is 9.98. The fourth-order valence-electron chi connectivity index (χ4n) is 1.52. The van der Waals surface area contributed by atoms with E-state index in [-0.39, 0.29) is 0 Å². The van der Waals surface area contributed by atoms with E-state index in [1.807, 2.05) is 0 Å². The zero-order chi connectivity index (χ0) is 10.1. The van der Waals surface area contributed by atoms with Crippen LogP contribution in [0.2, 0.25) is 0 Å². The molecule has 0 saturated heterocycles. The minimum absolute atomic E-state index is 0.725. The Kier molecular flexibility index (Phi) is 7.39. The Labute approximate surface area is 82.5 Å². The molecule has 0 fully saturated rings. The zero-order valence-corrected chi connectivity index (χ0v) is 8.97. The van der Waals surface area contributed by atoms with Gasteiger partial charge in [-0.25, -0.2) is 0 Å². The highest BCUT2D eigenvalue weighted by atomic mass is 14.2. The van der Waals surface area contributed by atoms with Crippen molar-refractivity contribution in [1.29, 1.82) is 5.26 Å². The molecule has 0 amide bonds. The smallest absolute Gasteiger partial charge is 0.0940 e. The summed E-state index contributed by atoms with van der Waals surface area (Å²) in [5.41, 5.74) is 0.725. The predicted molar refractivity (Wildman–Crippen MR) is 57.3 cm³/mol. The van der Waals surface area contributed by atoms with Crippen molar-refractivity contribution < 1.29 is 0 Å². The van der Waals surface area contributed by atoms with E-state index < -0.39 is 0 Å². The Morgan fingerprint density at radius 3 is 2.62 bits per heavy atom. The first-order valence-electron chi connectivity index (χ1n) is 5.28. The van der Waals surface area contributed by atoms with Crippen molar-refractivity contribution in [2.45, 2.75) is 52.4 Å². The molecule has 0 aliphatic rings. The van der Waals surface area contributed by atoms with Crippen LogP contribution >= 0.6 is 0 Å². The highest BCUT2D eigenvalue weighted by Crippen LogP contribution is 2.15. The first kappa shape index (κ1) is 12.2. The summed E-state index contributed by atoms with van der Waals surface area (Å²) in [6.45, 7) is 8.20. The van der Waals surface area contributed by atoms with E-state index in [4.69, 9.17) is 5.26 Å². The molecule has 1 atom stereocenters. The van der Waals surface area contributed by atoms with Crippen molar-refractivity contribution in [1.82, 2.24) is 0 Å². The van der Waals surface area contributed by atoms with Gasteiger partial charge in [-0.2, -0.15) is 5.26 Å². The standard InChI is InChI=1S/C12H21N/c1-4-7-11(2)8-5-6-9-12(3)10-13/h11H,3-9H2,1-2H3. The van der Waals surface area contributed by atoms with Gasteiger partial charge in [0.15, 0.2) is 0 Å². The summed E-state index contributed by atoms with van der Waals surface area (Å²) in [4.78, 5) is 0. The van der Waals surface area contributed by atoms with Crippen LogP contribution in [0.15, 0.2) is 12.2 Å². The van der Waals surface area contributed by atoms with Gasteiger partial charge < -0.3 is 0 Å². The fourth-order valence-corrected chi connectivity index (χ4v) is 1.52. The summed E-state index contributed by atoms with van der Waals surface area (Å²) in [6, 6.07) is 2.08. The van der Waals surface area contributed by atoms with Gasteiger partial charge in [-0.15, -0.1) is 0 Å². The average Bonchev–Trinajstić information content (AvgIpc) is 2.12. The van der Waals surface area contributed by atoms with Gasteiger partial charge in [-0.3, -0.25) is 0 Å². The summed E-state index contributed by atoms with van der Waals surface area (Å²) in [5.74, 6) is 0.848. The minimum Gasteiger partial charge on any atom is -0.193 e. The van der Waals surface area contributed by atoms with Gasteiger partial charge in [0.25, 0.3) is 0 Å². The zero-order valence-electron chi connectivity index (χ0n) is 8.97. The van der Waals surface area contributed by atoms with Crippen LogP contribution in [0, 0.1) is 17.2 Å². The molecular weight excluding hydrogens is 158 g/mol. The maximum atomic E-state index is 8.48. The van der Waals surface area contributed by atoms with Gasteiger partial charge in [0.2, 0.25) is 0 Å². The lowest BCUT2D eigenvalue weighted by molar-refractivity contribution is 0.461. The SMILES string of the molecule is C=C(C#N)CCCCC(C)CCC. The van der Waals surface area contributed by atoms with Crippen LogP contribution in [0.3, 0.4) is 0 Å². The molecule has 0 rings (SSSR count). The number of hydrogen-bond acceptors (Lipinski definition) is 1. The van der Waals surface area contributed by atoms with Crippen molar-refractivity contribution in [2.24, 2.45) is 5.92 Å². The summed E-state index contributed by atoms with van der Waals surface area (Å²) in [7, 11) is 0. The van der Waals surface area contributed by atoms with Crippen LogP contribution in [0.4, 0.5) is 0 Å². The van der Waals surface area contributed by atoms with Crippen molar-refractivity contribution in [3.8, 4) is 6.07 Å². The van der Waals surface area contributed by atoms with Crippen LogP contribution in [-0.4, -0.2) is 0 Å². The highest BCUT2D eigenvalue weighted by molar-refractivity contribution is 5.14. The summed E-state index contributed by atoms with van der Waals surface area (Å²) < 4.78 is 0. The minimum atomic E-state index is 0.725. The number of nitriles is 1. The molecule has 0 aromatic heterocycles. The molecule has 0 heterocycles. The fraction of sp³-hybridized carbons (Fsp3) is 0.750. The first-order chi connectivity index (χ1) is 6.20. The molecule has 1 nitrogen and oxygen atoms in total. The van der Waals surface area contributed by atoms with E-state index in [1.54, 1.807) is 0 Å². The molecule has 0 aromatic rings. The van der Waals surface area contributed by atoms with Crippen LogP contribution in [0.25, 0.3) is 0 Å². The molecule has 0 saturated carbocycles. The molecule has 0 N–H and O–H groups in total. The van der Waals surface area contributed by atoms with Gasteiger partial charge in [0.05, 0.1) is 6.07 Å².